The third-order valence-corrected chi connectivity index (χ3v) is 3.15. The summed E-state index contributed by atoms with van der Waals surface area (Å²) in [5.74, 6) is 0.965. The highest BCUT2D eigenvalue weighted by Gasteiger charge is 2.14. The van der Waals surface area contributed by atoms with Crippen LogP contribution < -0.4 is 10.6 Å². The van der Waals surface area contributed by atoms with Gasteiger partial charge in [-0.25, -0.2) is 0 Å². The summed E-state index contributed by atoms with van der Waals surface area (Å²) in [7, 11) is 0. The Labute approximate surface area is 118 Å². The minimum atomic E-state index is 0.185. The largest absolute Gasteiger partial charge is 0.376 e. The Bertz CT molecular complexity index is 398. The SMILES string of the molecule is CCNc1nc(Cl)nc(NCCOC2CCCC2)n1. The second kappa shape index (κ2) is 7.45. The molecule has 7 heteroatoms. The number of hydrogen-bond acceptors (Lipinski definition) is 6. The van der Waals surface area contributed by atoms with Crippen LogP contribution in [0, 0.1) is 0 Å². The maximum absolute atomic E-state index is 5.83. The first-order chi connectivity index (χ1) is 9.28. The normalized spacial score (nSPS) is 15.7. The van der Waals surface area contributed by atoms with Gasteiger partial charge in [-0.05, 0) is 31.4 Å². The molecule has 0 atom stereocenters. The smallest absolute Gasteiger partial charge is 0.228 e. The van der Waals surface area contributed by atoms with Crippen molar-refractivity contribution in [3.8, 4) is 0 Å². The summed E-state index contributed by atoms with van der Waals surface area (Å²) < 4.78 is 5.75. The fourth-order valence-corrected chi connectivity index (χ4v) is 2.27. The van der Waals surface area contributed by atoms with Gasteiger partial charge < -0.3 is 15.4 Å². The lowest BCUT2D eigenvalue weighted by atomic mass is 10.3. The molecule has 2 rings (SSSR count). The fourth-order valence-electron chi connectivity index (χ4n) is 2.11. The van der Waals surface area contributed by atoms with Crippen molar-refractivity contribution in [2.24, 2.45) is 0 Å². The van der Waals surface area contributed by atoms with Crippen LogP contribution in [0.3, 0.4) is 0 Å². The van der Waals surface area contributed by atoms with E-state index in [1.807, 2.05) is 6.92 Å². The number of ether oxygens (including phenoxy) is 1. The molecule has 0 amide bonds. The van der Waals surface area contributed by atoms with Gasteiger partial charge in [0.15, 0.2) is 0 Å². The highest BCUT2D eigenvalue weighted by molar-refractivity contribution is 6.28. The Morgan fingerprint density at radius 3 is 2.53 bits per heavy atom. The van der Waals surface area contributed by atoms with E-state index in [-0.39, 0.29) is 5.28 Å². The Balaban J connectivity index is 1.75. The number of aromatic nitrogens is 3. The van der Waals surface area contributed by atoms with Crippen LogP contribution in [0.15, 0.2) is 0 Å². The van der Waals surface area contributed by atoms with Gasteiger partial charge in [0.1, 0.15) is 0 Å². The summed E-state index contributed by atoms with van der Waals surface area (Å²) >= 11 is 5.83. The molecule has 1 saturated carbocycles. The molecule has 0 unspecified atom stereocenters. The van der Waals surface area contributed by atoms with E-state index in [2.05, 4.69) is 25.6 Å². The van der Waals surface area contributed by atoms with Crippen molar-refractivity contribution in [3.63, 3.8) is 0 Å². The van der Waals surface area contributed by atoms with Crippen LogP contribution in [-0.2, 0) is 4.74 Å². The zero-order chi connectivity index (χ0) is 13.5. The Kier molecular flexibility index (Phi) is 5.60. The van der Waals surface area contributed by atoms with Crippen LogP contribution in [0.2, 0.25) is 5.28 Å². The first-order valence-electron chi connectivity index (χ1n) is 6.79. The molecule has 1 aromatic heterocycles. The Morgan fingerprint density at radius 2 is 1.84 bits per heavy atom. The van der Waals surface area contributed by atoms with E-state index < -0.39 is 0 Å². The van der Waals surface area contributed by atoms with E-state index in [9.17, 15) is 0 Å². The molecule has 1 aliphatic rings. The molecule has 1 heterocycles. The van der Waals surface area contributed by atoms with E-state index in [1.165, 1.54) is 25.7 Å². The molecule has 2 N–H and O–H groups in total. The van der Waals surface area contributed by atoms with E-state index >= 15 is 0 Å². The topological polar surface area (TPSA) is 72.0 Å². The number of halogens is 1. The van der Waals surface area contributed by atoms with E-state index in [0.29, 0.717) is 31.2 Å². The van der Waals surface area contributed by atoms with Gasteiger partial charge in [0, 0.05) is 13.1 Å². The van der Waals surface area contributed by atoms with Gasteiger partial charge in [0.05, 0.1) is 12.7 Å². The highest BCUT2D eigenvalue weighted by Crippen LogP contribution is 2.20. The van der Waals surface area contributed by atoms with E-state index in [4.69, 9.17) is 16.3 Å². The molecule has 0 aliphatic heterocycles. The molecule has 106 valence electrons. The summed E-state index contributed by atoms with van der Waals surface area (Å²) in [5, 5.41) is 6.29. The average molecular weight is 286 g/mol. The third kappa shape index (κ3) is 4.80. The number of nitrogens with zero attached hydrogens (tertiary/aromatic N) is 3. The molecule has 1 aromatic rings. The molecular weight excluding hydrogens is 266 g/mol. The number of hydrogen-bond donors (Lipinski definition) is 2. The molecule has 0 radical (unpaired) electrons. The standard InChI is InChI=1S/C12H20ClN5O/c1-2-14-11-16-10(13)17-12(18-11)15-7-8-19-9-5-3-4-6-9/h9H,2-8H2,1H3,(H2,14,15,16,17,18). The van der Waals surface area contributed by atoms with Gasteiger partial charge in [0.25, 0.3) is 0 Å². The van der Waals surface area contributed by atoms with E-state index in [1.54, 1.807) is 0 Å². The minimum absolute atomic E-state index is 0.185. The van der Waals surface area contributed by atoms with Crippen LogP contribution in [0.1, 0.15) is 32.6 Å². The Hall–Kier alpha value is -1.14. The number of rotatable bonds is 7. The Morgan fingerprint density at radius 1 is 1.16 bits per heavy atom. The predicted molar refractivity (Wildman–Crippen MR) is 75.7 cm³/mol. The van der Waals surface area contributed by atoms with Crippen molar-refractivity contribution in [1.82, 2.24) is 15.0 Å². The van der Waals surface area contributed by atoms with Crippen LogP contribution in [0.5, 0.6) is 0 Å². The van der Waals surface area contributed by atoms with Crippen molar-refractivity contribution < 1.29 is 4.74 Å². The lowest BCUT2D eigenvalue weighted by molar-refractivity contribution is 0.0658. The van der Waals surface area contributed by atoms with Crippen molar-refractivity contribution in [3.05, 3.63) is 5.28 Å². The first-order valence-corrected chi connectivity index (χ1v) is 7.16. The zero-order valence-corrected chi connectivity index (χ0v) is 11.9. The summed E-state index contributed by atoms with van der Waals surface area (Å²) in [6.07, 6.45) is 5.37. The summed E-state index contributed by atoms with van der Waals surface area (Å²) in [6, 6.07) is 0. The van der Waals surface area contributed by atoms with Crippen molar-refractivity contribution in [2.45, 2.75) is 38.7 Å². The van der Waals surface area contributed by atoms with Gasteiger partial charge >= 0.3 is 0 Å². The quantitative estimate of drug-likeness (QED) is 0.749. The highest BCUT2D eigenvalue weighted by atomic mass is 35.5. The van der Waals surface area contributed by atoms with E-state index in [0.717, 1.165) is 6.54 Å². The maximum atomic E-state index is 5.83. The lowest BCUT2D eigenvalue weighted by Gasteiger charge is -2.11. The van der Waals surface area contributed by atoms with Crippen LogP contribution >= 0.6 is 11.6 Å². The van der Waals surface area contributed by atoms with Gasteiger partial charge in [-0.2, -0.15) is 15.0 Å². The fraction of sp³-hybridized carbons (Fsp3) is 0.750. The van der Waals surface area contributed by atoms with Crippen molar-refractivity contribution >= 4 is 23.5 Å². The molecule has 6 nitrogen and oxygen atoms in total. The third-order valence-electron chi connectivity index (χ3n) is 2.98. The monoisotopic (exact) mass is 285 g/mol. The maximum Gasteiger partial charge on any atom is 0.228 e. The van der Waals surface area contributed by atoms with Gasteiger partial charge in [-0.15, -0.1) is 0 Å². The molecule has 0 bridgehead atoms. The molecule has 0 spiro atoms. The molecular formula is C12H20ClN5O. The minimum Gasteiger partial charge on any atom is -0.376 e. The molecule has 1 fully saturated rings. The van der Waals surface area contributed by atoms with Crippen LogP contribution in [0.25, 0.3) is 0 Å². The summed E-state index contributed by atoms with van der Waals surface area (Å²) in [6.45, 7) is 4.04. The van der Waals surface area contributed by atoms with Gasteiger partial charge in [-0.1, -0.05) is 12.8 Å². The first kappa shape index (κ1) is 14.3. The summed E-state index contributed by atoms with van der Waals surface area (Å²) in [5.41, 5.74) is 0. The number of nitrogens with one attached hydrogen (secondary N) is 2. The molecule has 0 saturated heterocycles. The number of anilines is 2. The van der Waals surface area contributed by atoms with Gasteiger partial charge in [0.2, 0.25) is 17.2 Å². The van der Waals surface area contributed by atoms with Crippen molar-refractivity contribution in [2.75, 3.05) is 30.3 Å². The molecule has 0 aromatic carbocycles. The summed E-state index contributed by atoms with van der Waals surface area (Å²) in [4.78, 5) is 12.2. The zero-order valence-electron chi connectivity index (χ0n) is 11.2. The second-order valence-corrected chi connectivity index (χ2v) is 4.82. The lowest BCUT2D eigenvalue weighted by Crippen LogP contribution is -2.17. The molecule has 19 heavy (non-hydrogen) atoms. The van der Waals surface area contributed by atoms with Crippen LogP contribution in [-0.4, -0.2) is 40.8 Å². The predicted octanol–water partition coefficient (Wildman–Crippen LogP) is 2.33. The van der Waals surface area contributed by atoms with Crippen LogP contribution in [0.4, 0.5) is 11.9 Å². The second-order valence-electron chi connectivity index (χ2n) is 4.49. The van der Waals surface area contributed by atoms with Gasteiger partial charge in [-0.3, -0.25) is 0 Å². The van der Waals surface area contributed by atoms with Crippen molar-refractivity contribution in [1.29, 1.82) is 0 Å². The average Bonchev–Trinajstić information content (AvgIpc) is 2.87. The molecule has 1 aliphatic carbocycles.